The number of hydrogen-bond donors (Lipinski definition) is 1. The number of likely N-dealkylation sites (tertiary alicyclic amines) is 1. The summed E-state index contributed by atoms with van der Waals surface area (Å²) in [5.74, 6) is -0.406. The zero-order chi connectivity index (χ0) is 14.5. The molecule has 1 aliphatic heterocycles. The average Bonchev–Trinajstić information content (AvgIpc) is 2.84. The maximum atomic E-state index is 11.8. The number of halogens is 1. The fourth-order valence-corrected chi connectivity index (χ4v) is 2.34. The first-order valence-corrected chi connectivity index (χ1v) is 6.84. The van der Waals surface area contributed by atoms with Gasteiger partial charge in [-0.25, -0.2) is 0 Å². The fraction of sp³-hybridized carbons (Fsp3) is 0.429. The van der Waals surface area contributed by atoms with E-state index < -0.39 is 5.97 Å². The number of rotatable bonds is 5. The molecule has 0 aromatic heterocycles. The number of aliphatic carboxylic acids is 1. The molecule has 1 saturated heterocycles. The Morgan fingerprint density at radius 2 is 2.20 bits per heavy atom. The minimum Gasteiger partial charge on any atom is -0.488 e. The van der Waals surface area contributed by atoms with Gasteiger partial charge in [0.05, 0.1) is 13.0 Å². The lowest BCUT2D eigenvalue weighted by atomic mass is 10.3. The smallest absolute Gasteiger partial charge is 0.303 e. The number of carboxylic acid groups (broad SMARTS) is 1. The zero-order valence-electron chi connectivity index (χ0n) is 10.9. The van der Waals surface area contributed by atoms with Crippen LogP contribution in [0.1, 0.15) is 19.3 Å². The molecule has 1 aromatic carbocycles. The zero-order valence-corrected chi connectivity index (χ0v) is 11.7. The van der Waals surface area contributed by atoms with Crippen LogP contribution in [0.4, 0.5) is 0 Å². The van der Waals surface area contributed by atoms with Gasteiger partial charge in [-0.3, -0.25) is 9.59 Å². The molecular formula is C14H16ClNO4. The number of carbonyl (C=O) groups excluding carboxylic acids is 1. The van der Waals surface area contributed by atoms with Crippen molar-refractivity contribution in [3.8, 4) is 5.75 Å². The third kappa shape index (κ3) is 4.13. The molecule has 1 fully saturated rings. The Bertz CT molecular complexity index is 506. The summed E-state index contributed by atoms with van der Waals surface area (Å²) in [7, 11) is 0. The molecule has 5 nitrogen and oxygen atoms in total. The van der Waals surface area contributed by atoms with Gasteiger partial charge in [0.2, 0.25) is 5.91 Å². The van der Waals surface area contributed by atoms with Crippen LogP contribution in [0.3, 0.4) is 0 Å². The van der Waals surface area contributed by atoms with Crippen LogP contribution in [-0.4, -0.2) is 41.1 Å². The van der Waals surface area contributed by atoms with Gasteiger partial charge in [-0.15, -0.1) is 0 Å². The van der Waals surface area contributed by atoms with Crippen molar-refractivity contribution in [3.63, 3.8) is 0 Å². The molecule has 2 rings (SSSR count). The predicted molar refractivity (Wildman–Crippen MR) is 73.9 cm³/mol. The summed E-state index contributed by atoms with van der Waals surface area (Å²) in [6.45, 7) is 1.09. The molecule has 20 heavy (non-hydrogen) atoms. The number of carbonyl (C=O) groups is 2. The second-order valence-electron chi connectivity index (χ2n) is 4.72. The molecule has 108 valence electrons. The lowest BCUT2D eigenvalue weighted by Crippen LogP contribution is -2.31. The van der Waals surface area contributed by atoms with E-state index in [9.17, 15) is 9.59 Å². The van der Waals surface area contributed by atoms with Crippen molar-refractivity contribution in [1.29, 1.82) is 0 Å². The number of hydrogen-bond acceptors (Lipinski definition) is 3. The van der Waals surface area contributed by atoms with Gasteiger partial charge in [-0.2, -0.15) is 0 Å². The van der Waals surface area contributed by atoms with E-state index in [4.69, 9.17) is 21.4 Å². The Balaban J connectivity index is 1.83. The molecule has 0 bridgehead atoms. The molecule has 1 atom stereocenters. The average molecular weight is 298 g/mol. The lowest BCUT2D eigenvalue weighted by Gasteiger charge is -2.17. The number of amides is 1. The minimum atomic E-state index is -0.954. The van der Waals surface area contributed by atoms with E-state index in [0.29, 0.717) is 23.9 Å². The first-order valence-electron chi connectivity index (χ1n) is 6.46. The molecule has 1 aliphatic rings. The van der Waals surface area contributed by atoms with Crippen LogP contribution in [0.2, 0.25) is 5.02 Å². The number of benzene rings is 1. The van der Waals surface area contributed by atoms with Crippen molar-refractivity contribution in [3.05, 3.63) is 29.3 Å². The van der Waals surface area contributed by atoms with Crippen LogP contribution >= 0.6 is 11.6 Å². The summed E-state index contributed by atoms with van der Waals surface area (Å²) in [6, 6.07) is 7.13. The lowest BCUT2D eigenvalue weighted by molar-refractivity contribution is -0.140. The van der Waals surface area contributed by atoms with Crippen LogP contribution in [0.5, 0.6) is 5.75 Å². The summed E-state index contributed by atoms with van der Waals surface area (Å²) in [4.78, 5) is 23.9. The summed E-state index contributed by atoms with van der Waals surface area (Å²) in [5.41, 5.74) is 0. The Morgan fingerprint density at radius 3 is 2.90 bits per heavy atom. The second kappa shape index (κ2) is 6.61. The van der Waals surface area contributed by atoms with E-state index in [0.717, 1.165) is 6.42 Å². The molecule has 0 aliphatic carbocycles. The first kappa shape index (κ1) is 14.7. The van der Waals surface area contributed by atoms with E-state index in [1.807, 2.05) is 12.1 Å². The van der Waals surface area contributed by atoms with Gasteiger partial charge in [0, 0.05) is 24.4 Å². The third-order valence-electron chi connectivity index (χ3n) is 3.15. The molecule has 1 aromatic rings. The Kier molecular flexibility index (Phi) is 4.84. The number of carboxylic acids is 1. The van der Waals surface area contributed by atoms with Crippen molar-refractivity contribution in [2.45, 2.75) is 25.4 Å². The maximum absolute atomic E-state index is 11.8. The van der Waals surface area contributed by atoms with Gasteiger partial charge >= 0.3 is 5.97 Å². The van der Waals surface area contributed by atoms with E-state index >= 15 is 0 Å². The van der Waals surface area contributed by atoms with Crippen LogP contribution in [-0.2, 0) is 9.59 Å². The largest absolute Gasteiger partial charge is 0.488 e. The van der Waals surface area contributed by atoms with Crippen molar-refractivity contribution >= 4 is 23.5 Å². The van der Waals surface area contributed by atoms with Gasteiger partial charge in [-0.1, -0.05) is 17.7 Å². The quantitative estimate of drug-likeness (QED) is 0.904. The Morgan fingerprint density at radius 1 is 1.40 bits per heavy atom. The van der Waals surface area contributed by atoms with Crippen LogP contribution < -0.4 is 4.74 Å². The first-order chi connectivity index (χ1) is 9.54. The molecule has 0 spiro atoms. The van der Waals surface area contributed by atoms with E-state index in [2.05, 4.69) is 0 Å². The van der Waals surface area contributed by atoms with Gasteiger partial charge in [0.25, 0.3) is 0 Å². The standard InChI is InChI=1S/C14H16ClNO4/c15-10-2-1-3-11(8-10)20-12-6-7-16(9-12)13(17)4-5-14(18)19/h1-3,8,12H,4-7,9H2,(H,18,19). The van der Waals surface area contributed by atoms with Gasteiger partial charge in [-0.05, 0) is 18.2 Å². The molecule has 6 heteroatoms. The molecule has 1 heterocycles. The fourth-order valence-electron chi connectivity index (χ4n) is 2.16. The molecular weight excluding hydrogens is 282 g/mol. The Hall–Kier alpha value is -1.75. The highest BCUT2D eigenvalue weighted by Gasteiger charge is 2.27. The number of ether oxygens (including phenoxy) is 1. The van der Waals surface area contributed by atoms with Crippen LogP contribution in [0.25, 0.3) is 0 Å². The highest BCUT2D eigenvalue weighted by molar-refractivity contribution is 6.30. The van der Waals surface area contributed by atoms with E-state index in [-0.39, 0.29) is 24.9 Å². The monoisotopic (exact) mass is 297 g/mol. The molecule has 1 amide bonds. The topological polar surface area (TPSA) is 66.8 Å². The third-order valence-corrected chi connectivity index (χ3v) is 3.38. The van der Waals surface area contributed by atoms with Crippen molar-refractivity contribution < 1.29 is 19.4 Å². The second-order valence-corrected chi connectivity index (χ2v) is 5.16. The van der Waals surface area contributed by atoms with Crippen molar-refractivity contribution in [2.24, 2.45) is 0 Å². The summed E-state index contributed by atoms with van der Waals surface area (Å²) < 4.78 is 5.77. The Labute approximate surface area is 122 Å². The SMILES string of the molecule is O=C(O)CCC(=O)N1CCC(Oc2cccc(Cl)c2)C1. The summed E-state index contributed by atoms with van der Waals surface area (Å²) >= 11 is 5.88. The highest BCUT2D eigenvalue weighted by Crippen LogP contribution is 2.22. The minimum absolute atomic E-state index is 0.0409. The van der Waals surface area contributed by atoms with Crippen molar-refractivity contribution in [2.75, 3.05) is 13.1 Å². The van der Waals surface area contributed by atoms with E-state index in [1.54, 1.807) is 17.0 Å². The van der Waals surface area contributed by atoms with E-state index in [1.165, 1.54) is 0 Å². The molecule has 1 N–H and O–H groups in total. The predicted octanol–water partition coefficient (Wildman–Crippen LogP) is 2.18. The van der Waals surface area contributed by atoms with Crippen LogP contribution in [0.15, 0.2) is 24.3 Å². The maximum Gasteiger partial charge on any atom is 0.303 e. The van der Waals surface area contributed by atoms with Gasteiger partial charge in [0.1, 0.15) is 11.9 Å². The highest BCUT2D eigenvalue weighted by atomic mass is 35.5. The molecule has 0 saturated carbocycles. The van der Waals surface area contributed by atoms with Gasteiger partial charge < -0.3 is 14.7 Å². The normalized spacial score (nSPS) is 18.1. The van der Waals surface area contributed by atoms with Crippen molar-refractivity contribution in [1.82, 2.24) is 4.90 Å². The summed E-state index contributed by atoms with van der Waals surface area (Å²) in [5, 5.41) is 9.18. The van der Waals surface area contributed by atoms with Crippen LogP contribution in [0, 0.1) is 0 Å². The van der Waals surface area contributed by atoms with Gasteiger partial charge in [0.15, 0.2) is 0 Å². The summed E-state index contributed by atoms with van der Waals surface area (Å²) in [6.07, 6.45) is 0.585. The molecule has 0 radical (unpaired) electrons. The molecule has 1 unspecified atom stereocenters. The number of nitrogens with zero attached hydrogens (tertiary/aromatic N) is 1.